The summed E-state index contributed by atoms with van der Waals surface area (Å²) in [4.78, 5) is 31.9. The summed E-state index contributed by atoms with van der Waals surface area (Å²) in [5, 5.41) is 12.1. The zero-order valence-electron chi connectivity index (χ0n) is 12.3. The summed E-state index contributed by atoms with van der Waals surface area (Å²) in [6, 6.07) is -0.137. The Labute approximate surface area is 127 Å². The number of amides is 2. The molecule has 1 saturated heterocycles. The smallest absolute Gasteiger partial charge is 0.323 e. The number of aliphatic carboxylic acids is 1. The zero-order chi connectivity index (χ0) is 15.4. The highest BCUT2D eigenvalue weighted by atomic mass is 32.1. The maximum Gasteiger partial charge on any atom is 0.323 e. The van der Waals surface area contributed by atoms with Crippen molar-refractivity contribution in [3.05, 3.63) is 10.6 Å². The molecule has 0 spiro atoms. The second-order valence-electron chi connectivity index (χ2n) is 5.06. The zero-order valence-corrected chi connectivity index (χ0v) is 13.1. The lowest BCUT2D eigenvalue weighted by molar-refractivity contribution is -0.137. The molecule has 0 aromatic carbocycles. The lowest BCUT2D eigenvalue weighted by atomic mass is 10.3. The third-order valence-electron chi connectivity index (χ3n) is 3.54. The van der Waals surface area contributed by atoms with E-state index in [2.05, 4.69) is 15.2 Å². The Bertz CT molecular complexity index is 504. The van der Waals surface area contributed by atoms with Gasteiger partial charge in [0.25, 0.3) is 0 Å². The van der Waals surface area contributed by atoms with Crippen LogP contribution in [0.3, 0.4) is 0 Å². The molecule has 2 rings (SSSR count). The molecule has 7 nitrogen and oxygen atoms in total. The minimum Gasteiger partial charge on any atom is -0.481 e. The third kappa shape index (κ3) is 4.40. The van der Waals surface area contributed by atoms with E-state index >= 15 is 0 Å². The van der Waals surface area contributed by atoms with Crippen molar-refractivity contribution in [2.45, 2.75) is 20.3 Å². The summed E-state index contributed by atoms with van der Waals surface area (Å²) >= 11 is 1.47. The van der Waals surface area contributed by atoms with Crippen LogP contribution < -0.4 is 5.32 Å². The molecular weight excluding hydrogens is 292 g/mol. The van der Waals surface area contributed by atoms with Crippen LogP contribution in [0.2, 0.25) is 0 Å². The van der Waals surface area contributed by atoms with Gasteiger partial charge in [-0.3, -0.25) is 15.0 Å². The number of hydrogen-bond acceptors (Lipinski definition) is 5. The van der Waals surface area contributed by atoms with Crippen LogP contribution in [0.1, 0.15) is 17.0 Å². The molecule has 0 unspecified atom stereocenters. The second-order valence-corrected chi connectivity index (χ2v) is 6.27. The van der Waals surface area contributed by atoms with Crippen LogP contribution in [-0.2, 0) is 4.79 Å². The molecule has 0 aliphatic carbocycles. The molecule has 1 aliphatic heterocycles. The van der Waals surface area contributed by atoms with Crippen molar-refractivity contribution < 1.29 is 14.7 Å². The standard InChI is InChI=1S/C13H20N4O3S/c1-9-10(2)21-12(14-9)15-13(20)17-7-5-16(6-8-17)4-3-11(18)19/h3-8H2,1-2H3,(H,18,19)(H,14,15,20). The summed E-state index contributed by atoms with van der Waals surface area (Å²) in [6.07, 6.45) is 0.143. The molecule has 116 valence electrons. The number of nitrogens with zero attached hydrogens (tertiary/aromatic N) is 3. The van der Waals surface area contributed by atoms with E-state index in [9.17, 15) is 9.59 Å². The van der Waals surface area contributed by atoms with Gasteiger partial charge in [-0.25, -0.2) is 9.78 Å². The van der Waals surface area contributed by atoms with E-state index in [0.29, 0.717) is 37.9 Å². The van der Waals surface area contributed by atoms with Gasteiger partial charge in [0, 0.05) is 37.6 Å². The molecule has 0 radical (unpaired) electrons. The van der Waals surface area contributed by atoms with Crippen LogP contribution >= 0.6 is 11.3 Å². The molecule has 2 heterocycles. The third-order valence-corrected chi connectivity index (χ3v) is 4.53. The van der Waals surface area contributed by atoms with E-state index in [1.165, 1.54) is 11.3 Å². The van der Waals surface area contributed by atoms with E-state index in [1.807, 2.05) is 13.8 Å². The van der Waals surface area contributed by atoms with Gasteiger partial charge in [0.1, 0.15) is 0 Å². The average molecular weight is 312 g/mol. The number of carbonyl (C=O) groups is 2. The monoisotopic (exact) mass is 312 g/mol. The Kier molecular flexibility index (Phi) is 5.13. The largest absolute Gasteiger partial charge is 0.481 e. The predicted octanol–water partition coefficient (Wildman–Crippen LogP) is 1.38. The van der Waals surface area contributed by atoms with E-state index in [-0.39, 0.29) is 12.5 Å². The molecule has 0 bridgehead atoms. The molecule has 1 aromatic rings. The van der Waals surface area contributed by atoms with Gasteiger partial charge in [-0.15, -0.1) is 11.3 Å². The normalized spacial score (nSPS) is 16.0. The Morgan fingerprint density at radius 1 is 1.29 bits per heavy atom. The van der Waals surface area contributed by atoms with Crippen molar-refractivity contribution in [2.75, 3.05) is 38.0 Å². The first-order valence-electron chi connectivity index (χ1n) is 6.90. The molecule has 1 aliphatic rings. The maximum atomic E-state index is 12.1. The lowest BCUT2D eigenvalue weighted by Crippen LogP contribution is -2.50. The van der Waals surface area contributed by atoms with Gasteiger partial charge in [0.05, 0.1) is 12.1 Å². The Morgan fingerprint density at radius 3 is 2.48 bits per heavy atom. The minimum absolute atomic E-state index is 0.137. The summed E-state index contributed by atoms with van der Waals surface area (Å²) in [7, 11) is 0. The number of nitrogens with one attached hydrogen (secondary N) is 1. The van der Waals surface area contributed by atoms with Crippen molar-refractivity contribution in [3.63, 3.8) is 0 Å². The number of rotatable bonds is 4. The van der Waals surface area contributed by atoms with Gasteiger partial charge in [-0.05, 0) is 13.8 Å². The number of piperazine rings is 1. The number of carboxylic acids is 1. The predicted molar refractivity (Wildman–Crippen MR) is 80.9 cm³/mol. The van der Waals surface area contributed by atoms with Gasteiger partial charge in [-0.2, -0.15) is 0 Å². The highest BCUT2D eigenvalue weighted by Gasteiger charge is 2.22. The molecule has 1 aromatic heterocycles. The molecular formula is C13H20N4O3S. The van der Waals surface area contributed by atoms with Crippen molar-refractivity contribution >= 4 is 28.5 Å². The quantitative estimate of drug-likeness (QED) is 0.877. The number of aromatic nitrogens is 1. The Hall–Kier alpha value is -1.67. The van der Waals surface area contributed by atoms with Crippen LogP contribution in [-0.4, -0.2) is 64.6 Å². The number of aryl methyl sites for hydroxylation is 2. The van der Waals surface area contributed by atoms with E-state index in [1.54, 1.807) is 4.90 Å². The van der Waals surface area contributed by atoms with Crippen molar-refractivity contribution in [3.8, 4) is 0 Å². The van der Waals surface area contributed by atoms with Crippen LogP contribution in [0.4, 0.5) is 9.93 Å². The number of carbonyl (C=O) groups excluding carboxylic acids is 1. The molecule has 1 fully saturated rings. The molecule has 8 heteroatoms. The number of anilines is 1. The fourth-order valence-electron chi connectivity index (χ4n) is 2.13. The summed E-state index contributed by atoms with van der Waals surface area (Å²) < 4.78 is 0. The molecule has 0 saturated carbocycles. The fourth-order valence-corrected chi connectivity index (χ4v) is 2.93. The van der Waals surface area contributed by atoms with Crippen molar-refractivity contribution in [1.29, 1.82) is 0 Å². The van der Waals surface area contributed by atoms with Gasteiger partial charge in [-0.1, -0.05) is 0 Å². The van der Waals surface area contributed by atoms with E-state index < -0.39 is 5.97 Å². The molecule has 2 N–H and O–H groups in total. The van der Waals surface area contributed by atoms with Crippen LogP contribution in [0.25, 0.3) is 0 Å². The number of urea groups is 1. The second kappa shape index (κ2) is 6.86. The van der Waals surface area contributed by atoms with Crippen molar-refractivity contribution in [1.82, 2.24) is 14.8 Å². The molecule has 2 amide bonds. The highest BCUT2D eigenvalue weighted by molar-refractivity contribution is 7.15. The molecule has 0 atom stereocenters. The maximum absolute atomic E-state index is 12.1. The fraction of sp³-hybridized carbons (Fsp3) is 0.615. The Balaban J connectivity index is 1.79. The molecule has 21 heavy (non-hydrogen) atoms. The van der Waals surface area contributed by atoms with Gasteiger partial charge < -0.3 is 10.0 Å². The minimum atomic E-state index is -0.787. The first-order chi connectivity index (χ1) is 9.95. The number of hydrogen-bond donors (Lipinski definition) is 2. The van der Waals surface area contributed by atoms with Crippen LogP contribution in [0, 0.1) is 13.8 Å². The first kappa shape index (κ1) is 15.7. The summed E-state index contributed by atoms with van der Waals surface area (Å²) in [5.41, 5.74) is 0.939. The highest BCUT2D eigenvalue weighted by Crippen LogP contribution is 2.21. The summed E-state index contributed by atoms with van der Waals surface area (Å²) in [5.74, 6) is -0.787. The van der Waals surface area contributed by atoms with Gasteiger partial charge >= 0.3 is 12.0 Å². The topological polar surface area (TPSA) is 85.8 Å². The summed E-state index contributed by atoms with van der Waals surface area (Å²) in [6.45, 7) is 7.05. The first-order valence-corrected chi connectivity index (χ1v) is 7.71. The Morgan fingerprint density at radius 2 is 1.95 bits per heavy atom. The SMILES string of the molecule is Cc1nc(NC(=O)N2CCN(CCC(=O)O)CC2)sc1C. The van der Waals surface area contributed by atoms with Gasteiger partial charge in [0.2, 0.25) is 0 Å². The number of carboxylic acid groups (broad SMARTS) is 1. The van der Waals surface area contributed by atoms with Crippen LogP contribution in [0.5, 0.6) is 0 Å². The lowest BCUT2D eigenvalue weighted by Gasteiger charge is -2.34. The number of thiazole rings is 1. The van der Waals surface area contributed by atoms with E-state index in [4.69, 9.17) is 5.11 Å². The van der Waals surface area contributed by atoms with Crippen LogP contribution in [0.15, 0.2) is 0 Å². The average Bonchev–Trinajstić information content (AvgIpc) is 2.75. The van der Waals surface area contributed by atoms with E-state index in [0.717, 1.165) is 10.6 Å². The van der Waals surface area contributed by atoms with Crippen molar-refractivity contribution in [2.24, 2.45) is 0 Å². The van der Waals surface area contributed by atoms with Gasteiger partial charge in [0.15, 0.2) is 5.13 Å².